The normalized spacial score (nSPS) is 14.0. The molecule has 0 aromatic heterocycles. The Morgan fingerprint density at radius 1 is 1.18 bits per heavy atom. The molecular weight excluding hydrogens is 216 g/mol. The average molecular weight is 240 g/mol. The van der Waals surface area contributed by atoms with Crippen LogP contribution in [0.2, 0.25) is 0 Å². The summed E-state index contributed by atoms with van der Waals surface area (Å²) in [5.41, 5.74) is 2.06. The number of hydrogen-bond acceptors (Lipinski definition) is 3. The maximum Gasteiger partial charge on any atom is 0.179 e. The van der Waals surface area contributed by atoms with Crippen LogP contribution in [0.25, 0.3) is 0 Å². The third-order valence-electron chi connectivity index (χ3n) is 2.14. The second-order valence-corrected chi connectivity index (χ2v) is 3.64. The first-order chi connectivity index (χ1) is 8.15. The molecule has 0 rings (SSSR count). The lowest BCUT2D eigenvalue weighted by Crippen LogP contribution is -2.18. The molecule has 0 fully saturated rings. The van der Waals surface area contributed by atoms with Crippen molar-refractivity contribution < 1.29 is 14.6 Å². The third kappa shape index (κ3) is 7.91. The second-order valence-electron chi connectivity index (χ2n) is 3.64. The van der Waals surface area contributed by atoms with Gasteiger partial charge in [-0.3, -0.25) is 0 Å². The van der Waals surface area contributed by atoms with Gasteiger partial charge >= 0.3 is 0 Å². The van der Waals surface area contributed by atoms with Crippen molar-refractivity contribution in [3.63, 3.8) is 0 Å². The lowest BCUT2D eigenvalue weighted by atomic mass is 10.2. The first-order valence-corrected chi connectivity index (χ1v) is 6.01. The molecular formula is C14H24O3. The van der Waals surface area contributed by atoms with Gasteiger partial charge in [0.15, 0.2) is 6.29 Å². The van der Waals surface area contributed by atoms with Crippen LogP contribution in [0.1, 0.15) is 27.7 Å². The fraction of sp³-hybridized carbons (Fsp3) is 0.571. The number of rotatable bonds is 8. The number of hydrogen-bond donors (Lipinski definition) is 1. The van der Waals surface area contributed by atoms with Crippen molar-refractivity contribution in [3.05, 3.63) is 35.5 Å². The van der Waals surface area contributed by atoms with Crippen molar-refractivity contribution >= 4 is 0 Å². The number of aliphatic hydroxyl groups excluding tert-OH is 1. The highest BCUT2D eigenvalue weighted by Gasteiger charge is 2.08. The lowest BCUT2D eigenvalue weighted by Gasteiger charge is -2.17. The van der Waals surface area contributed by atoms with Crippen LogP contribution >= 0.6 is 0 Å². The molecule has 0 heterocycles. The Balaban J connectivity index is 4.43. The van der Waals surface area contributed by atoms with Gasteiger partial charge in [0.25, 0.3) is 0 Å². The van der Waals surface area contributed by atoms with Gasteiger partial charge in [0.1, 0.15) is 0 Å². The average Bonchev–Trinajstić information content (AvgIpc) is 2.29. The quantitative estimate of drug-likeness (QED) is 0.524. The minimum absolute atomic E-state index is 0.0688. The van der Waals surface area contributed by atoms with Gasteiger partial charge in [-0.05, 0) is 33.3 Å². The molecule has 0 aliphatic heterocycles. The van der Waals surface area contributed by atoms with E-state index in [4.69, 9.17) is 14.6 Å². The van der Waals surface area contributed by atoms with E-state index in [1.165, 1.54) is 0 Å². The summed E-state index contributed by atoms with van der Waals surface area (Å²) in [5, 5.41) is 8.71. The standard InChI is InChI=1S/C14H24O3/c1-5-16-14(17-6-2)13(4)9-7-8-12(3)10-11-15/h7-10,14-15H,5-6,11H2,1-4H3. The Hall–Kier alpha value is -0.900. The van der Waals surface area contributed by atoms with Crippen molar-refractivity contribution in [2.75, 3.05) is 19.8 Å². The Morgan fingerprint density at radius 2 is 1.76 bits per heavy atom. The minimum Gasteiger partial charge on any atom is -0.392 e. The Morgan fingerprint density at radius 3 is 2.24 bits per heavy atom. The molecule has 0 atom stereocenters. The van der Waals surface area contributed by atoms with Gasteiger partial charge in [-0.15, -0.1) is 0 Å². The summed E-state index contributed by atoms with van der Waals surface area (Å²) in [6.07, 6.45) is 7.32. The highest BCUT2D eigenvalue weighted by Crippen LogP contribution is 2.08. The third-order valence-corrected chi connectivity index (χ3v) is 2.14. The molecule has 0 radical (unpaired) electrons. The molecule has 0 unspecified atom stereocenters. The van der Waals surface area contributed by atoms with Crippen molar-refractivity contribution in [1.82, 2.24) is 0 Å². The lowest BCUT2D eigenvalue weighted by molar-refractivity contribution is -0.111. The van der Waals surface area contributed by atoms with Crippen LogP contribution in [0, 0.1) is 0 Å². The maximum absolute atomic E-state index is 8.71. The first-order valence-electron chi connectivity index (χ1n) is 6.01. The predicted octanol–water partition coefficient (Wildman–Crippen LogP) is 2.83. The van der Waals surface area contributed by atoms with Crippen LogP contribution < -0.4 is 0 Å². The maximum atomic E-state index is 8.71. The Labute approximate surface area is 104 Å². The SMILES string of the molecule is CCOC(OCC)C(C)=CC=CC(C)=CCO. The van der Waals surface area contributed by atoms with E-state index in [9.17, 15) is 0 Å². The predicted molar refractivity (Wildman–Crippen MR) is 70.8 cm³/mol. The topological polar surface area (TPSA) is 38.7 Å². The number of aliphatic hydroxyl groups is 1. The summed E-state index contributed by atoms with van der Waals surface area (Å²) >= 11 is 0. The summed E-state index contributed by atoms with van der Waals surface area (Å²) in [6.45, 7) is 9.14. The zero-order valence-electron chi connectivity index (χ0n) is 11.3. The van der Waals surface area contributed by atoms with Gasteiger partial charge in [0.2, 0.25) is 0 Å². The molecule has 0 amide bonds. The second kappa shape index (κ2) is 10.3. The molecule has 0 aromatic rings. The smallest absolute Gasteiger partial charge is 0.179 e. The van der Waals surface area contributed by atoms with Crippen molar-refractivity contribution in [2.45, 2.75) is 34.0 Å². The van der Waals surface area contributed by atoms with Crippen LogP contribution in [-0.2, 0) is 9.47 Å². The summed E-state index contributed by atoms with van der Waals surface area (Å²) in [5.74, 6) is 0. The van der Waals surface area contributed by atoms with E-state index < -0.39 is 0 Å². The van der Waals surface area contributed by atoms with Gasteiger partial charge in [0.05, 0.1) is 6.61 Å². The van der Waals surface area contributed by atoms with Crippen LogP contribution in [0.4, 0.5) is 0 Å². The van der Waals surface area contributed by atoms with E-state index in [1.54, 1.807) is 6.08 Å². The fourth-order valence-corrected chi connectivity index (χ4v) is 1.26. The van der Waals surface area contributed by atoms with Crippen molar-refractivity contribution in [1.29, 1.82) is 0 Å². The van der Waals surface area contributed by atoms with Crippen LogP contribution in [0.5, 0.6) is 0 Å². The molecule has 0 saturated carbocycles. The molecule has 0 saturated heterocycles. The number of ether oxygens (including phenoxy) is 2. The summed E-state index contributed by atoms with van der Waals surface area (Å²) < 4.78 is 10.9. The zero-order valence-corrected chi connectivity index (χ0v) is 11.3. The molecule has 1 N–H and O–H groups in total. The Bertz CT molecular complexity index is 271. The van der Waals surface area contributed by atoms with E-state index in [1.807, 2.05) is 45.9 Å². The molecule has 0 bridgehead atoms. The monoisotopic (exact) mass is 240 g/mol. The molecule has 17 heavy (non-hydrogen) atoms. The molecule has 0 aromatic carbocycles. The minimum atomic E-state index is -0.267. The van der Waals surface area contributed by atoms with Crippen molar-refractivity contribution in [2.24, 2.45) is 0 Å². The van der Waals surface area contributed by atoms with E-state index in [2.05, 4.69) is 0 Å². The highest BCUT2D eigenvalue weighted by molar-refractivity contribution is 5.22. The first kappa shape index (κ1) is 16.1. The molecule has 3 heteroatoms. The summed E-state index contributed by atoms with van der Waals surface area (Å²) in [7, 11) is 0. The molecule has 0 aliphatic rings. The van der Waals surface area contributed by atoms with E-state index in [0.717, 1.165) is 11.1 Å². The Kier molecular flexibility index (Phi) is 9.72. The highest BCUT2D eigenvalue weighted by atomic mass is 16.7. The van der Waals surface area contributed by atoms with E-state index in [0.29, 0.717) is 13.2 Å². The van der Waals surface area contributed by atoms with Gasteiger partial charge in [-0.25, -0.2) is 0 Å². The van der Waals surface area contributed by atoms with Crippen LogP contribution in [-0.4, -0.2) is 31.2 Å². The van der Waals surface area contributed by atoms with E-state index in [-0.39, 0.29) is 12.9 Å². The molecule has 0 spiro atoms. The van der Waals surface area contributed by atoms with E-state index >= 15 is 0 Å². The zero-order chi connectivity index (χ0) is 13.1. The summed E-state index contributed by atoms with van der Waals surface area (Å²) in [4.78, 5) is 0. The summed E-state index contributed by atoms with van der Waals surface area (Å²) in [6, 6.07) is 0. The van der Waals surface area contributed by atoms with Gasteiger partial charge in [-0.1, -0.05) is 29.9 Å². The van der Waals surface area contributed by atoms with Crippen molar-refractivity contribution in [3.8, 4) is 0 Å². The van der Waals surface area contributed by atoms with Gasteiger partial charge < -0.3 is 14.6 Å². The van der Waals surface area contributed by atoms with Crippen LogP contribution in [0.15, 0.2) is 35.5 Å². The van der Waals surface area contributed by atoms with Crippen LogP contribution in [0.3, 0.4) is 0 Å². The van der Waals surface area contributed by atoms with Gasteiger partial charge in [0, 0.05) is 13.2 Å². The van der Waals surface area contributed by atoms with Gasteiger partial charge in [-0.2, -0.15) is 0 Å². The largest absolute Gasteiger partial charge is 0.392 e. The molecule has 98 valence electrons. The molecule has 3 nitrogen and oxygen atoms in total. The fourth-order valence-electron chi connectivity index (χ4n) is 1.26. The molecule has 0 aliphatic carbocycles. The number of allylic oxidation sites excluding steroid dienone is 4.